The van der Waals surface area contributed by atoms with Crippen LogP contribution in [0.4, 0.5) is 0 Å². The van der Waals surface area contributed by atoms with E-state index in [0.29, 0.717) is 17.6 Å². The minimum absolute atomic E-state index is 0.374. The lowest BCUT2D eigenvalue weighted by Crippen LogP contribution is -2.27. The first kappa shape index (κ1) is 11.1. The first-order valence-electron chi connectivity index (χ1n) is 5.76. The molecule has 2 rings (SSSR count). The normalized spacial score (nSPS) is 24.2. The van der Waals surface area contributed by atoms with E-state index in [-0.39, 0.29) is 0 Å². The fraction of sp³-hybridized carbons (Fsp3) is 0.462. The molecule has 1 fully saturated rings. The third-order valence-corrected chi connectivity index (χ3v) is 3.15. The lowest BCUT2D eigenvalue weighted by Gasteiger charge is -2.12. The quantitative estimate of drug-likeness (QED) is 0.803. The summed E-state index contributed by atoms with van der Waals surface area (Å²) in [5.74, 6) is 0. The summed E-state index contributed by atoms with van der Waals surface area (Å²) in [6.07, 6.45) is 3.39. The number of rotatable bonds is 3. The van der Waals surface area contributed by atoms with E-state index >= 15 is 0 Å². The van der Waals surface area contributed by atoms with Gasteiger partial charge in [-0.2, -0.15) is 5.26 Å². The molecule has 84 valence electrons. The van der Waals surface area contributed by atoms with Crippen LogP contribution in [0.25, 0.3) is 0 Å². The van der Waals surface area contributed by atoms with E-state index in [2.05, 4.69) is 11.4 Å². The van der Waals surface area contributed by atoms with Gasteiger partial charge in [-0.05, 0) is 37.0 Å². The zero-order valence-electron chi connectivity index (χ0n) is 9.32. The van der Waals surface area contributed by atoms with Crippen molar-refractivity contribution >= 4 is 0 Å². The van der Waals surface area contributed by atoms with Crippen LogP contribution in [0, 0.1) is 11.3 Å². The van der Waals surface area contributed by atoms with Gasteiger partial charge in [-0.1, -0.05) is 12.1 Å². The standard InChI is InChI=1S/C13H17N3/c14-8-10-1-3-11(4-2-10)9-16-13-6-5-12(15)7-13/h1-4,12-13,16H,5-7,9,15H2. The SMILES string of the molecule is N#Cc1ccc(CNC2CCC(N)C2)cc1. The van der Waals surface area contributed by atoms with Crippen LogP contribution in [0.3, 0.4) is 0 Å². The fourth-order valence-electron chi connectivity index (χ4n) is 2.16. The number of nitrogens with two attached hydrogens (primary N) is 1. The van der Waals surface area contributed by atoms with Gasteiger partial charge in [0.1, 0.15) is 0 Å². The maximum atomic E-state index is 8.68. The van der Waals surface area contributed by atoms with Crippen LogP contribution in [0.2, 0.25) is 0 Å². The average molecular weight is 215 g/mol. The van der Waals surface area contributed by atoms with E-state index in [1.54, 1.807) is 0 Å². The molecule has 3 nitrogen and oxygen atoms in total. The molecule has 0 amide bonds. The van der Waals surface area contributed by atoms with E-state index < -0.39 is 0 Å². The van der Waals surface area contributed by atoms with Gasteiger partial charge in [0.25, 0.3) is 0 Å². The van der Waals surface area contributed by atoms with Gasteiger partial charge in [0.15, 0.2) is 0 Å². The molecule has 0 radical (unpaired) electrons. The van der Waals surface area contributed by atoms with Crippen LogP contribution in [-0.4, -0.2) is 12.1 Å². The molecule has 1 aromatic carbocycles. The van der Waals surface area contributed by atoms with Gasteiger partial charge in [-0.15, -0.1) is 0 Å². The zero-order valence-corrected chi connectivity index (χ0v) is 9.32. The highest BCUT2D eigenvalue weighted by Crippen LogP contribution is 2.17. The first-order chi connectivity index (χ1) is 7.78. The summed E-state index contributed by atoms with van der Waals surface area (Å²) in [4.78, 5) is 0. The third-order valence-electron chi connectivity index (χ3n) is 3.15. The summed E-state index contributed by atoms with van der Waals surface area (Å²) >= 11 is 0. The van der Waals surface area contributed by atoms with E-state index in [1.165, 1.54) is 12.0 Å². The summed E-state index contributed by atoms with van der Waals surface area (Å²) in [6.45, 7) is 0.864. The summed E-state index contributed by atoms with van der Waals surface area (Å²) < 4.78 is 0. The number of nitriles is 1. The maximum Gasteiger partial charge on any atom is 0.0991 e. The predicted octanol–water partition coefficient (Wildman–Crippen LogP) is 1.53. The zero-order chi connectivity index (χ0) is 11.4. The summed E-state index contributed by atoms with van der Waals surface area (Å²) in [7, 11) is 0. The van der Waals surface area contributed by atoms with Gasteiger partial charge in [0, 0.05) is 18.6 Å². The summed E-state index contributed by atoms with van der Waals surface area (Å²) in [5.41, 5.74) is 7.79. The molecule has 0 saturated heterocycles. The minimum Gasteiger partial charge on any atom is -0.328 e. The van der Waals surface area contributed by atoms with Crippen LogP contribution >= 0.6 is 0 Å². The third kappa shape index (κ3) is 2.82. The Balaban J connectivity index is 1.83. The Morgan fingerprint density at radius 3 is 2.62 bits per heavy atom. The number of benzene rings is 1. The molecule has 0 heterocycles. The Bertz CT molecular complexity index is 377. The molecule has 1 aliphatic rings. The van der Waals surface area contributed by atoms with E-state index in [4.69, 9.17) is 11.0 Å². The molecule has 0 bridgehead atoms. The van der Waals surface area contributed by atoms with Crippen molar-refractivity contribution in [3.05, 3.63) is 35.4 Å². The highest BCUT2D eigenvalue weighted by atomic mass is 14.9. The largest absolute Gasteiger partial charge is 0.328 e. The van der Waals surface area contributed by atoms with Gasteiger partial charge < -0.3 is 11.1 Å². The molecular weight excluding hydrogens is 198 g/mol. The van der Waals surface area contributed by atoms with Crippen molar-refractivity contribution in [2.45, 2.75) is 37.9 Å². The van der Waals surface area contributed by atoms with Gasteiger partial charge >= 0.3 is 0 Å². The second kappa shape index (κ2) is 5.11. The molecule has 1 aromatic rings. The topological polar surface area (TPSA) is 61.8 Å². The van der Waals surface area contributed by atoms with Crippen molar-refractivity contribution in [2.75, 3.05) is 0 Å². The maximum absolute atomic E-state index is 8.68. The number of nitrogens with one attached hydrogen (secondary N) is 1. The monoisotopic (exact) mass is 215 g/mol. The van der Waals surface area contributed by atoms with Crippen molar-refractivity contribution in [3.8, 4) is 6.07 Å². The van der Waals surface area contributed by atoms with E-state index in [0.717, 1.165) is 19.4 Å². The molecule has 16 heavy (non-hydrogen) atoms. The molecule has 0 aliphatic heterocycles. The molecule has 1 aliphatic carbocycles. The Hall–Kier alpha value is -1.37. The van der Waals surface area contributed by atoms with Crippen molar-refractivity contribution in [1.29, 1.82) is 5.26 Å². The van der Waals surface area contributed by atoms with Crippen LogP contribution in [0.15, 0.2) is 24.3 Å². The summed E-state index contributed by atoms with van der Waals surface area (Å²) in [5, 5.41) is 12.2. The Labute approximate surface area is 96.3 Å². The highest BCUT2D eigenvalue weighted by molar-refractivity contribution is 5.31. The molecule has 3 N–H and O–H groups in total. The number of hydrogen-bond acceptors (Lipinski definition) is 3. The smallest absolute Gasteiger partial charge is 0.0991 e. The van der Waals surface area contributed by atoms with E-state index in [1.807, 2.05) is 24.3 Å². The van der Waals surface area contributed by atoms with E-state index in [9.17, 15) is 0 Å². The molecule has 0 spiro atoms. The van der Waals surface area contributed by atoms with Crippen molar-refractivity contribution in [3.63, 3.8) is 0 Å². The van der Waals surface area contributed by atoms with Crippen LogP contribution < -0.4 is 11.1 Å². The van der Waals surface area contributed by atoms with Gasteiger partial charge in [-0.3, -0.25) is 0 Å². The van der Waals surface area contributed by atoms with Crippen LogP contribution in [0.5, 0.6) is 0 Å². The van der Waals surface area contributed by atoms with Gasteiger partial charge in [0.2, 0.25) is 0 Å². The van der Waals surface area contributed by atoms with Crippen LogP contribution in [0.1, 0.15) is 30.4 Å². The lowest BCUT2D eigenvalue weighted by atomic mass is 10.1. The molecular formula is C13H17N3. The fourth-order valence-corrected chi connectivity index (χ4v) is 2.16. The van der Waals surface area contributed by atoms with Crippen molar-refractivity contribution in [1.82, 2.24) is 5.32 Å². The Morgan fingerprint density at radius 1 is 1.31 bits per heavy atom. The van der Waals surface area contributed by atoms with Gasteiger partial charge in [-0.25, -0.2) is 0 Å². The Kier molecular flexibility index (Phi) is 3.55. The van der Waals surface area contributed by atoms with Gasteiger partial charge in [0.05, 0.1) is 11.6 Å². The molecule has 2 atom stereocenters. The molecule has 1 saturated carbocycles. The summed E-state index contributed by atoms with van der Waals surface area (Å²) in [6, 6.07) is 10.8. The second-order valence-corrected chi connectivity index (χ2v) is 4.46. The minimum atomic E-state index is 0.374. The average Bonchev–Trinajstić information content (AvgIpc) is 2.73. The number of hydrogen-bond donors (Lipinski definition) is 2. The second-order valence-electron chi connectivity index (χ2n) is 4.46. The number of nitrogens with zero attached hydrogens (tertiary/aromatic N) is 1. The lowest BCUT2D eigenvalue weighted by molar-refractivity contribution is 0.517. The van der Waals surface area contributed by atoms with Crippen LogP contribution in [-0.2, 0) is 6.54 Å². The Morgan fingerprint density at radius 2 is 2.06 bits per heavy atom. The molecule has 0 aromatic heterocycles. The molecule has 2 unspecified atom stereocenters. The van der Waals surface area contributed by atoms with Crippen molar-refractivity contribution < 1.29 is 0 Å². The van der Waals surface area contributed by atoms with Crippen molar-refractivity contribution in [2.24, 2.45) is 5.73 Å². The highest BCUT2D eigenvalue weighted by Gasteiger charge is 2.20. The molecule has 3 heteroatoms. The predicted molar refractivity (Wildman–Crippen MR) is 63.6 cm³/mol. The first-order valence-corrected chi connectivity index (χ1v) is 5.76.